The van der Waals surface area contributed by atoms with Crippen molar-refractivity contribution in [1.82, 2.24) is 5.43 Å². The number of nitriles is 1. The van der Waals surface area contributed by atoms with Crippen LogP contribution < -0.4 is 26.1 Å². The first-order valence-corrected chi connectivity index (χ1v) is 9.65. The van der Waals surface area contributed by atoms with Crippen molar-refractivity contribution in [3.63, 3.8) is 0 Å². The van der Waals surface area contributed by atoms with Crippen molar-refractivity contribution < 1.29 is 14.3 Å². The van der Waals surface area contributed by atoms with Crippen LogP contribution in [0.2, 0.25) is 0 Å². The summed E-state index contributed by atoms with van der Waals surface area (Å²) >= 11 is 0. The smallest absolute Gasteiger partial charge is 0.333 e. The van der Waals surface area contributed by atoms with Crippen LogP contribution in [0.25, 0.3) is 11.1 Å². The Morgan fingerprint density at radius 2 is 1.90 bits per heavy atom. The van der Waals surface area contributed by atoms with Gasteiger partial charge in [0.15, 0.2) is 0 Å². The van der Waals surface area contributed by atoms with Gasteiger partial charge in [0.2, 0.25) is 0 Å². The fourth-order valence-electron chi connectivity index (χ4n) is 3.31. The summed E-state index contributed by atoms with van der Waals surface area (Å²) in [6.45, 7) is 4.09. The van der Waals surface area contributed by atoms with Crippen LogP contribution in [0.1, 0.15) is 22.3 Å². The number of rotatable bonds is 6. The number of nitrogens with one attached hydrogen (secondary N) is 2. The van der Waals surface area contributed by atoms with Gasteiger partial charge in [-0.3, -0.25) is 5.43 Å². The van der Waals surface area contributed by atoms with Crippen molar-refractivity contribution in [2.75, 3.05) is 12.4 Å². The van der Waals surface area contributed by atoms with Gasteiger partial charge in [0, 0.05) is 0 Å². The average molecular weight is 416 g/mol. The zero-order valence-electron chi connectivity index (χ0n) is 17.7. The fraction of sp³-hybridized carbons (Fsp3) is 0.167. The first-order chi connectivity index (χ1) is 15.0. The Balaban J connectivity index is 1.86. The monoisotopic (exact) mass is 416 g/mol. The van der Waals surface area contributed by atoms with E-state index < -0.39 is 6.03 Å². The number of carbonyl (C=O) groups excluding carboxylic acids is 1. The average Bonchev–Trinajstić information content (AvgIpc) is 2.78. The highest BCUT2D eigenvalue weighted by Crippen LogP contribution is 2.32. The van der Waals surface area contributed by atoms with Crippen molar-refractivity contribution in [3.05, 3.63) is 76.9 Å². The number of benzene rings is 3. The molecule has 0 unspecified atom stereocenters. The molecular formula is C24H24N4O3. The Bertz CT molecular complexity index is 1150. The molecule has 2 amide bonds. The van der Waals surface area contributed by atoms with Gasteiger partial charge in [-0.05, 0) is 66.4 Å². The molecule has 0 saturated heterocycles. The second-order valence-electron chi connectivity index (χ2n) is 7.01. The zero-order valence-corrected chi connectivity index (χ0v) is 17.7. The third-order valence-electron chi connectivity index (χ3n) is 4.89. The van der Waals surface area contributed by atoms with Crippen LogP contribution in [0.5, 0.6) is 11.5 Å². The number of nitrogens with two attached hydrogens (primary N) is 1. The second-order valence-corrected chi connectivity index (χ2v) is 7.01. The van der Waals surface area contributed by atoms with E-state index in [0.717, 1.165) is 22.3 Å². The van der Waals surface area contributed by atoms with Crippen LogP contribution >= 0.6 is 0 Å². The van der Waals surface area contributed by atoms with Gasteiger partial charge in [-0.2, -0.15) is 5.26 Å². The maximum Gasteiger partial charge on any atom is 0.333 e. The van der Waals surface area contributed by atoms with Crippen LogP contribution in [0.3, 0.4) is 0 Å². The Morgan fingerprint density at radius 3 is 2.58 bits per heavy atom. The van der Waals surface area contributed by atoms with E-state index in [-0.39, 0.29) is 6.61 Å². The molecule has 0 aliphatic rings. The Kier molecular flexibility index (Phi) is 6.75. The molecule has 0 bridgehead atoms. The Morgan fingerprint density at radius 1 is 1.10 bits per heavy atom. The van der Waals surface area contributed by atoms with Crippen LogP contribution in [0.4, 0.5) is 10.5 Å². The number of hydrazine groups is 1. The fourth-order valence-corrected chi connectivity index (χ4v) is 3.31. The summed E-state index contributed by atoms with van der Waals surface area (Å²) in [7, 11) is 1.56. The molecule has 3 rings (SSSR count). The lowest BCUT2D eigenvalue weighted by Crippen LogP contribution is -2.34. The quantitative estimate of drug-likeness (QED) is 0.313. The lowest BCUT2D eigenvalue weighted by atomic mass is 9.97. The summed E-state index contributed by atoms with van der Waals surface area (Å²) < 4.78 is 11.5. The number of hydrogen-bond donors (Lipinski definition) is 3. The van der Waals surface area contributed by atoms with Crippen LogP contribution in [0.15, 0.2) is 54.6 Å². The summed E-state index contributed by atoms with van der Waals surface area (Å²) in [5.41, 5.74) is 7.69. The summed E-state index contributed by atoms with van der Waals surface area (Å²) in [6.07, 6.45) is 0. The molecule has 31 heavy (non-hydrogen) atoms. The zero-order chi connectivity index (χ0) is 22.4. The topological polar surface area (TPSA) is 109 Å². The van der Waals surface area contributed by atoms with Gasteiger partial charge in [-0.1, -0.05) is 24.3 Å². The van der Waals surface area contributed by atoms with Crippen LogP contribution in [-0.2, 0) is 6.61 Å². The van der Waals surface area contributed by atoms with E-state index in [0.29, 0.717) is 28.3 Å². The van der Waals surface area contributed by atoms with Crippen molar-refractivity contribution in [1.29, 1.82) is 5.26 Å². The molecule has 0 aromatic heterocycles. The number of urea groups is 1. The highest BCUT2D eigenvalue weighted by Gasteiger charge is 2.14. The van der Waals surface area contributed by atoms with E-state index in [1.807, 2.05) is 55.7 Å². The van der Waals surface area contributed by atoms with Gasteiger partial charge >= 0.3 is 6.03 Å². The van der Waals surface area contributed by atoms with Gasteiger partial charge in [-0.15, -0.1) is 0 Å². The summed E-state index contributed by atoms with van der Waals surface area (Å²) in [6, 6.07) is 18.6. The Labute approximate surface area is 181 Å². The molecule has 3 aromatic carbocycles. The van der Waals surface area contributed by atoms with Gasteiger partial charge in [0.1, 0.15) is 18.1 Å². The number of amides is 2. The minimum absolute atomic E-state index is 0.179. The number of methoxy groups -OCH3 is 1. The molecule has 0 spiro atoms. The summed E-state index contributed by atoms with van der Waals surface area (Å²) in [5, 5.41) is 12.1. The van der Waals surface area contributed by atoms with Crippen molar-refractivity contribution >= 4 is 11.7 Å². The van der Waals surface area contributed by atoms with E-state index in [1.54, 1.807) is 25.3 Å². The van der Waals surface area contributed by atoms with E-state index >= 15 is 0 Å². The summed E-state index contributed by atoms with van der Waals surface area (Å²) in [5.74, 6) is 6.45. The van der Waals surface area contributed by atoms with Gasteiger partial charge in [0.05, 0.1) is 30.0 Å². The third kappa shape index (κ3) is 4.94. The maximum absolute atomic E-state index is 11.7. The molecule has 0 saturated carbocycles. The van der Waals surface area contributed by atoms with E-state index in [1.165, 1.54) is 0 Å². The molecule has 0 aliphatic heterocycles. The normalized spacial score (nSPS) is 10.2. The SMILES string of the molecule is COc1cccc(NC(=O)NN)c1COc1ccc(-c2ccc(C)cc2C#N)cc1C. The molecule has 3 aromatic rings. The number of hydrogen-bond acceptors (Lipinski definition) is 5. The minimum atomic E-state index is -0.540. The van der Waals surface area contributed by atoms with Crippen molar-refractivity contribution in [3.8, 4) is 28.7 Å². The predicted octanol–water partition coefficient (Wildman–Crippen LogP) is 4.42. The predicted molar refractivity (Wildman–Crippen MR) is 120 cm³/mol. The van der Waals surface area contributed by atoms with E-state index in [9.17, 15) is 10.1 Å². The standard InChI is InChI=1S/C24H24N4O3/c1-15-7-9-19(18(11-15)13-25)17-8-10-22(16(2)12-17)31-14-20-21(27-24(29)28-26)5-4-6-23(20)30-3/h4-12H,14,26H2,1-3H3,(H2,27,28,29). The lowest BCUT2D eigenvalue weighted by Gasteiger charge is -2.17. The first-order valence-electron chi connectivity index (χ1n) is 9.65. The number of nitrogens with zero attached hydrogens (tertiary/aromatic N) is 1. The van der Waals surface area contributed by atoms with Gasteiger partial charge in [0.25, 0.3) is 0 Å². The number of aryl methyl sites for hydroxylation is 2. The molecule has 0 radical (unpaired) electrons. The van der Waals surface area contributed by atoms with Crippen molar-refractivity contribution in [2.24, 2.45) is 5.84 Å². The molecule has 158 valence electrons. The maximum atomic E-state index is 11.7. The number of carbonyl (C=O) groups is 1. The molecule has 7 nitrogen and oxygen atoms in total. The first kappa shape index (κ1) is 21.7. The van der Waals surface area contributed by atoms with E-state index in [4.69, 9.17) is 15.3 Å². The largest absolute Gasteiger partial charge is 0.496 e. The number of ether oxygens (including phenoxy) is 2. The molecule has 7 heteroatoms. The highest BCUT2D eigenvalue weighted by atomic mass is 16.5. The molecule has 4 N–H and O–H groups in total. The van der Waals surface area contributed by atoms with Gasteiger partial charge < -0.3 is 14.8 Å². The van der Waals surface area contributed by atoms with Crippen molar-refractivity contribution in [2.45, 2.75) is 20.5 Å². The van der Waals surface area contributed by atoms with Crippen LogP contribution in [-0.4, -0.2) is 13.1 Å². The third-order valence-corrected chi connectivity index (χ3v) is 4.89. The minimum Gasteiger partial charge on any atom is -0.496 e. The molecule has 0 heterocycles. The molecule has 0 atom stereocenters. The van der Waals surface area contributed by atoms with E-state index in [2.05, 4.69) is 11.4 Å². The Hall–Kier alpha value is -4.02. The molecule has 0 fully saturated rings. The van der Waals surface area contributed by atoms with Crippen LogP contribution in [0, 0.1) is 25.2 Å². The summed E-state index contributed by atoms with van der Waals surface area (Å²) in [4.78, 5) is 11.7. The highest BCUT2D eigenvalue weighted by molar-refractivity contribution is 5.90. The second kappa shape index (κ2) is 9.65. The molecule has 0 aliphatic carbocycles. The van der Waals surface area contributed by atoms with Gasteiger partial charge in [-0.25, -0.2) is 10.6 Å². The lowest BCUT2D eigenvalue weighted by molar-refractivity contribution is 0.252. The molecular weight excluding hydrogens is 392 g/mol. The number of anilines is 1.